The number of imidazole rings is 1. The molecular weight excluding hydrogens is 190 g/mol. The van der Waals surface area contributed by atoms with Crippen LogP contribution in [-0.2, 0) is 18.3 Å². The molecule has 2 aromatic rings. The van der Waals surface area contributed by atoms with Crippen molar-refractivity contribution >= 4 is 16.9 Å². The van der Waals surface area contributed by atoms with E-state index in [1.807, 2.05) is 30.7 Å². The number of Topliss-reactive ketones (excluding diaryl/α,β-unsaturated/α-hetero) is 1. The molecule has 0 fully saturated rings. The van der Waals surface area contributed by atoms with E-state index >= 15 is 0 Å². The van der Waals surface area contributed by atoms with Gasteiger partial charge in [0.2, 0.25) is 0 Å². The van der Waals surface area contributed by atoms with Crippen LogP contribution in [0.2, 0.25) is 0 Å². The molecule has 0 N–H and O–H groups in total. The highest BCUT2D eigenvalue weighted by Crippen LogP contribution is 2.12. The fourth-order valence-corrected chi connectivity index (χ4v) is 1.53. The maximum absolute atomic E-state index is 11.3. The van der Waals surface area contributed by atoms with Crippen molar-refractivity contribution in [3.05, 3.63) is 24.2 Å². The third kappa shape index (κ3) is 1.75. The molecule has 15 heavy (non-hydrogen) atoms. The Labute approximate surface area is 88.0 Å². The van der Waals surface area contributed by atoms with Crippen molar-refractivity contribution in [2.24, 2.45) is 7.05 Å². The van der Waals surface area contributed by atoms with Crippen LogP contribution >= 0.6 is 0 Å². The van der Waals surface area contributed by atoms with Gasteiger partial charge >= 0.3 is 0 Å². The van der Waals surface area contributed by atoms with E-state index in [-0.39, 0.29) is 5.78 Å². The van der Waals surface area contributed by atoms with E-state index in [4.69, 9.17) is 0 Å². The van der Waals surface area contributed by atoms with Crippen LogP contribution < -0.4 is 0 Å². The Balaban J connectivity index is 2.44. The Morgan fingerprint density at radius 2 is 2.33 bits per heavy atom. The zero-order chi connectivity index (χ0) is 10.8. The van der Waals surface area contributed by atoms with Crippen LogP contribution in [0, 0.1) is 0 Å². The van der Waals surface area contributed by atoms with Crippen LogP contribution in [0.15, 0.2) is 18.3 Å². The van der Waals surface area contributed by atoms with Gasteiger partial charge in [0.1, 0.15) is 11.6 Å². The van der Waals surface area contributed by atoms with Gasteiger partial charge in [0, 0.05) is 19.7 Å². The van der Waals surface area contributed by atoms with Crippen molar-refractivity contribution in [3.8, 4) is 0 Å². The first-order chi connectivity index (χ1) is 7.22. The van der Waals surface area contributed by atoms with E-state index in [2.05, 4.69) is 9.97 Å². The van der Waals surface area contributed by atoms with Crippen LogP contribution in [-0.4, -0.2) is 20.3 Å². The van der Waals surface area contributed by atoms with E-state index in [0.717, 1.165) is 11.3 Å². The van der Waals surface area contributed by atoms with Gasteiger partial charge < -0.3 is 4.57 Å². The molecule has 0 radical (unpaired) electrons. The largest absolute Gasteiger partial charge is 0.329 e. The molecule has 0 unspecified atom stereocenters. The lowest BCUT2D eigenvalue weighted by Crippen LogP contribution is -2.06. The van der Waals surface area contributed by atoms with Gasteiger partial charge in [-0.25, -0.2) is 9.97 Å². The van der Waals surface area contributed by atoms with E-state index < -0.39 is 0 Å². The number of rotatable bonds is 3. The van der Waals surface area contributed by atoms with Gasteiger partial charge in [-0.15, -0.1) is 0 Å². The summed E-state index contributed by atoms with van der Waals surface area (Å²) in [5.41, 5.74) is 1.68. The average Bonchev–Trinajstić information content (AvgIpc) is 2.57. The molecule has 78 valence electrons. The molecule has 0 amide bonds. The molecule has 0 spiro atoms. The number of carbonyl (C=O) groups excluding carboxylic acids is 1. The lowest BCUT2D eigenvalue weighted by atomic mass is 10.2. The summed E-state index contributed by atoms with van der Waals surface area (Å²) < 4.78 is 1.93. The molecule has 0 bridgehead atoms. The van der Waals surface area contributed by atoms with Gasteiger partial charge in [0.25, 0.3) is 0 Å². The van der Waals surface area contributed by atoms with Gasteiger partial charge in [0.05, 0.1) is 11.9 Å². The van der Waals surface area contributed by atoms with Gasteiger partial charge in [-0.2, -0.15) is 0 Å². The molecule has 0 atom stereocenters. The summed E-state index contributed by atoms with van der Waals surface area (Å²) in [6, 6.07) is 3.82. The van der Waals surface area contributed by atoms with Crippen LogP contribution in [0.4, 0.5) is 0 Å². The molecule has 4 nitrogen and oxygen atoms in total. The second-order valence-electron chi connectivity index (χ2n) is 3.50. The van der Waals surface area contributed by atoms with Crippen LogP contribution in [0.3, 0.4) is 0 Å². The van der Waals surface area contributed by atoms with E-state index in [1.54, 1.807) is 6.20 Å². The molecule has 0 saturated carbocycles. The first-order valence-corrected chi connectivity index (χ1v) is 5.00. The number of hydrogen-bond acceptors (Lipinski definition) is 3. The van der Waals surface area contributed by atoms with Crippen molar-refractivity contribution < 1.29 is 4.79 Å². The van der Waals surface area contributed by atoms with Crippen molar-refractivity contribution in [2.75, 3.05) is 0 Å². The van der Waals surface area contributed by atoms with Crippen molar-refractivity contribution in [2.45, 2.75) is 19.8 Å². The van der Waals surface area contributed by atoms with Crippen LogP contribution in [0.5, 0.6) is 0 Å². The fraction of sp³-hybridized carbons (Fsp3) is 0.364. The average molecular weight is 203 g/mol. The minimum atomic E-state index is 0.202. The summed E-state index contributed by atoms with van der Waals surface area (Å²) in [4.78, 5) is 19.8. The van der Waals surface area contributed by atoms with Gasteiger partial charge in [-0.3, -0.25) is 4.79 Å². The maximum atomic E-state index is 11.3. The molecule has 2 heterocycles. The monoisotopic (exact) mass is 203 g/mol. The standard InChI is InChI=1S/C11H13N3O/c1-3-8(15)7-10-13-11-9(14(10)2)5-4-6-12-11/h4-6H,3,7H2,1-2H3. The Morgan fingerprint density at radius 3 is 3.00 bits per heavy atom. The SMILES string of the molecule is CCC(=O)Cc1nc2ncccc2n1C. The van der Waals surface area contributed by atoms with Crippen molar-refractivity contribution in [1.82, 2.24) is 14.5 Å². The number of aryl methyl sites for hydroxylation is 1. The fourth-order valence-electron chi connectivity index (χ4n) is 1.53. The van der Waals surface area contributed by atoms with Gasteiger partial charge in [-0.05, 0) is 12.1 Å². The van der Waals surface area contributed by atoms with Crippen LogP contribution in [0.1, 0.15) is 19.2 Å². The first-order valence-electron chi connectivity index (χ1n) is 5.00. The number of hydrogen-bond donors (Lipinski definition) is 0. The summed E-state index contributed by atoms with van der Waals surface area (Å²) in [7, 11) is 1.91. The summed E-state index contributed by atoms with van der Waals surface area (Å²) in [5.74, 6) is 0.990. The molecule has 2 aromatic heterocycles. The summed E-state index contributed by atoms with van der Waals surface area (Å²) in [5, 5.41) is 0. The Kier molecular flexibility index (Phi) is 2.49. The summed E-state index contributed by atoms with van der Waals surface area (Å²) in [6.07, 6.45) is 2.65. The minimum Gasteiger partial charge on any atom is -0.329 e. The minimum absolute atomic E-state index is 0.202. The second-order valence-corrected chi connectivity index (χ2v) is 3.50. The highest BCUT2D eigenvalue weighted by atomic mass is 16.1. The Morgan fingerprint density at radius 1 is 1.53 bits per heavy atom. The number of pyridine rings is 1. The predicted octanol–water partition coefficient (Wildman–Crippen LogP) is 1.49. The molecule has 2 rings (SSSR count). The zero-order valence-electron chi connectivity index (χ0n) is 8.90. The van der Waals surface area contributed by atoms with Gasteiger partial charge in [0.15, 0.2) is 5.65 Å². The quantitative estimate of drug-likeness (QED) is 0.759. The molecule has 4 heteroatoms. The first kappa shape index (κ1) is 9.83. The number of nitrogens with zero attached hydrogens (tertiary/aromatic N) is 3. The van der Waals surface area contributed by atoms with E-state index in [1.165, 1.54) is 0 Å². The highest BCUT2D eigenvalue weighted by Gasteiger charge is 2.10. The Bertz CT molecular complexity index is 502. The van der Waals surface area contributed by atoms with Crippen molar-refractivity contribution in [1.29, 1.82) is 0 Å². The topological polar surface area (TPSA) is 47.8 Å². The third-order valence-electron chi connectivity index (χ3n) is 2.50. The Hall–Kier alpha value is -1.71. The van der Waals surface area contributed by atoms with E-state index in [9.17, 15) is 4.79 Å². The lowest BCUT2D eigenvalue weighted by Gasteiger charge is -1.99. The van der Waals surface area contributed by atoms with Crippen molar-refractivity contribution in [3.63, 3.8) is 0 Å². The van der Waals surface area contributed by atoms with E-state index in [0.29, 0.717) is 18.5 Å². The molecule has 0 saturated heterocycles. The molecule has 0 aliphatic rings. The normalized spacial score (nSPS) is 10.8. The number of fused-ring (bicyclic) bond motifs is 1. The molecule has 0 aliphatic carbocycles. The van der Waals surface area contributed by atoms with Crippen LogP contribution in [0.25, 0.3) is 11.2 Å². The lowest BCUT2D eigenvalue weighted by molar-refractivity contribution is -0.118. The number of carbonyl (C=O) groups is 1. The maximum Gasteiger partial charge on any atom is 0.177 e. The molecule has 0 aliphatic heterocycles. The number of aromatic nitrogens is 3. The zero-order valence-corrected chi connectivity index (χ0v) is 8.90. The van der Waals surface area contributed by atoms with Gasteiger partial charge in [-0.1, -0.05) is 6.92 Å². The summed E-state index contributed by atoms with van der Waals surface area (Å²) in [6.45, 7) is 1.86. The molecule has 0 aromatic carbocycles. The highest BCUT2D eigenvalue weighted by molar-refractivity contribution is 5.81. The molecular formula is C11H13N3O. The number of ketones is 1. The predicted molar refractivity (Wildman–Crippen MR) is 57.5 cm³/mol. The summed E-state index contributed by atoms with van der Waals surface area (Å²) >= 11 is 0. The smallest absolute Gasteiger partial charge is 0.177 e. The third-order valence-corrected chi connectivity index (χ3v) is 2.50. The second kappa shape index (κ2) is 3.81.